The van der Waals surface area contributed by atoms with Crippen molar-refractivity contribution >= 4 is 42.6 Å². The Labute approximate surface area is 225 Å². The molecule has 9 nitrogen and oxygen atoms in total. The summed E-state index contributed by atoms with van der Waals surface area (Å²) < 4.78 is 53.5. The van der Waals surface area contributed by atoms with Crippen LogP contribution in [0.25, 0.3) is 10.2 Å². The molecule has 204 valence electrons. The molecule has 0 radical (unpaired) electrons. The molecule has 5 rings (SSSR count). The number of benzene rings is 2. The van der Waals surface area contributed by atoms with Crippen molar-refractivity contribution in [1.82, 2.24) is 14.2 Å². The first-order valence-electron chi connectivity index (χ1n) is 12.7. The molecule has 2 aliphatic rings. The molecule has 0 aliphatic carbocycles. The molecule has 3 aromatic rings. The average Bonchev–Trinajstić information content (AvgIpc) is 3.59. The number of halogens is 1. The molecule has 2 saturated heterocycles. The Morgan fingerprint density at radius 1 is 1.18 bits per heavy atom. The number of hydrogen-bond acceptors (Lipinski definition) is 8. The molecule has 1 unspecified atom stereocenters. The lowest BCUT2D eigenvalue weighted by Gasteiger charge is -2.30. The van der Waals surface area contributed by atoms with E-state index in [1.807, 2.05) is 0 Å². The Balaban J connectivity index is 1.40. The summed E-state index contributed by atoms with van der Waals surface area (Å²) in [6.45, 7) is 4.47. The van der Waals surface area contributed by atoms with E-state index in [-0.39, 0.29) is 23.2 Å². The molecular weight excluding hydrogens is 531 g/mol. The van der Waals surface area contributed by atoms with Crippen molar-refractivity contribution in [1.29, 1.82) is 0 Å². The zero-order valence-corrected chi connectivity index (χ0v) is 22.8. The van der Waals surface area contributed by atoms with Gasteiger partial charge in [0.25, 0.3) is 0 Å². The molecule has 38 heavy (non-hydrogen) atoms. The van der Waals surface area contributed by atoms with Crippen LogP contribution in [0.15, 0.2) is 47.4 Å². The van der Waals surface area contributed by atoms with Gasteiger partial charge in [-0.05, 0) is 61.7 Å². The number of thiazole rings is 1. The van der Waals surface area contributed by atoms with Gasteiger partial charge in [0.05, 0.1) is 35.4 Å². The lowest BCUT2D eigenvalue weighted by molar-refractivity contribution is -0.121. The second-order valence-corrected chi connectivity index (χ2v) is 12.3. The highest BCUT2D eigenvalue weighted by atomic mass is 32.2. The Bertz CT molecular complexity index is 1380. The molecule has 2 aromatic carbocycles. The van der Waals surface area contributed by atoms with Crippen LogP contribution in [0, 0.1) is 5.82 Å². The van der Waals surface area contributed by atoms with Crippen molar-refractivity contribution in [3.8, 4) is 5.75 Å². The van der Waals surface area contributed by atoms with Crippen LogP contribution in [0.1, 0.15) is 19.3 Å². The number of sulfonamides is 1. The SMILES string of the molecule is COc1ccc(S(=O)(=O)N2CCCC2C(=O)N(CCCN2CCOCC2)c2nc3ccc(F)cc3s2)cc1. The normalized spacial score (nSPS) is 19.2. The number of morpholine rings is 1. The largest absolute Gasteiger partial charge is 0.497 e. The van der Waals surface area contributed by atoms with Gasteiger partial charge in [0.15, 0.2) is 5.13 Å². The van der Waals surface area contributed by atoms with Crippen LogP contribution in [-0.2, 0) is 19.6 Å². The van der Waals surface area contributed by atoms with Crippen LogP contribution in [0.3, 0.4) is 0 Å². The number of ether oxygens (including phenoxy) is 2. The predicted octanol–water partition coefficient (Wildman–Crippen LogP) is 3.35. The van der Waals surface area contributed by atoms with E-state index in [1.165, 1.54) is 47.0 Å². The van der Waals surface area contributed by atoms with Crippen LogP contribution in [0.5, 0.6) is 5.75 Å². The van der Waals surface area contributed by atoms with Crippen molar-refractivity contribution in [3.05, 3.63) is 48.3 Å². The van der Waals surface area contributed by atoms with Gasteiger partial charge in [-0.3, -0.25) is 14.6 Å². The highest BCUT2D eigenvalue weighted by molar-refractivity contribution is 7.89. The Morgan fingerprint density at radius 2 is 1.95 bits per heavy atom. The van der Waals surface area contributed by atoms with Gasteiger partial charge >= 0.3 is 0 Å². The number of carbonyl (C=O) groups excluding carboxylic acids is 1. The molecule has 0 bridgehead atoms. The first-order chi connectivity index (χ1) is 18.4. The number of hydrogen-bond donors (Lipinski definition) is 0. The minimum atomic E-state index is -3.90. The minimum absolute atomic E-state index is 0.118. The Hall–Kier alpha value is -2.64. The smallest absolute Gasteiger partial charge is 0.247 e. The predicted molar refractivity (Wildman–Crippen MR) is 144 cm³/mol. The van der Waals surface area contributed by atoms with Crippen LogP contribution < -0.4 is 9.64 Å². The molecule has 2 aliphatic heterocycles. The van der Waals surface area contributed by atoms with Gasteiger partial charge in [0, 0.05) is 32.7 Å². The van der Waals surface area contributed by atoms with Crippen molar-refractivity contribution in [3.63, 3.8) is 0 Å². The van der Waals surface area contributed by atoms with Gasteiger partial charge in [0.1, 0.15) is 17.6 Å². The van der Waals surface area contributed by atoms with Gasteiger partial charge in [-0.2, -0.15) is 4.31 Å². The summed E-state index contributed by atoms with van der Waals surface area (Å²) in [5.41, 5.74) is 0.603. The summed E-state index contributed by atoms with van der Waals surface area (Å²) in [4.78, 5) is 22.6. The van der Waals surface area contributed by atoms with Crippen LogP contribution >= 0.6 is 11.3 Å². The Kier molecular flexibility index (Phi) is 8.24. The summed E-state index contributed by atoms with van der Waals surface area (Å²) in [5.74, 6) is -0.122. The van der Waals surface area contributed by atoms with Crippen LogP contribution in [-0.4, -0.2) is 87.6 Å². The first-order valence-corrected chi connectivity index (χ1v) is 15.0. The van der Waals surface area contributed by atoms with Gasteiger partial charge in [-0.15, -0.1) is 0 Å². The second kappa shape index (κ2) is 11.6. The standard InChI is InChI=1S/C26H31FN4O5S2/c1-35-20-6-8-21(9-7-20)38(33,34)31-13-2-4-23(31)25(32)30(12-3-11-29-14-16-36-17-15-29)26-28-22-10-5-19(27)18-24(22)37-26/h5-10,18,23H,2-4,11-17H2,1H3. The fraction of sp³-hybridized carbons (Fsp3) is 0.462. The fourth-order valence-electron chi connectivity index (χ4n) is 4.92. The maximum absolute atomic E-state index is 14.0. The minimum Gasteiger partial charge on any atom is -0.497 e. The summed E-state index contributed by atoms with van der Waals surface area (Å²) in [6, 6.07) is 9.69. The number of carbonyl (C=O) groups is 1. The third-order valence-corrected chi connectivity index (χ3v) is 9.91. The van der Waals surface area contributed by atoms with E-state index in [1.54, 1.807) is 23.1 Å². The fourth-order valence-corrected chi connectivity index (χ4v) is 7.59. The second-order valence-electron chi connectivity index (χ2n) is 9.36. The monoisotopic (exact) mass is 562 g/mol. The van der Waals surface area contributed by atoms with E-state index in [9.17, 15) is 17.6 Å². The Morgan fingerprint density at radius 3 is 2.68 bits per heavy atom. The van der Waals surface area contributed by atoms with Gasteiger partial charge < -0.3 is 9.47 Å². The van der Waals surface area contributed by atoms with E-state index in [0.29, 0.717) is 60.1 Å². The molecule has 0 N–H and O–H groups in total. The van der Waals surface area contributed by atoms with Crippen molar-refractivity contribution < 1.29 is 27.1 Å². The average molecular weight is 563 g/mol. The number of rotatable bonds is 9. The zero-order chi connectivity index (χ0) is 26.7. The van der Waals surface area contributed by atoms with Gasteiger partial charge in [0.2, 0.25) is 15.9 Å². The summed E-state index contributed by atoms with van der Waals surface area (Å²) >= 11 is 1.24. The lowest BCUT2D eigenvalue weighted by Crippen LogP contribution is -2.48. The third kappa shape index (κ3) is 5.69. The maximum Gasteiger partial charge on any atom is 0.247 e. The van der Waals surface area contributed by atoms with E-state index < -0.39 is 16.1 Å². The number of methoxy groups -OCH3 is 1. The zero-order valence-electron chi connectivity index (χ0n) is 21.2. The van der Waals surface area contributed by atoms with Crippen LogP contribution in [0.2, 0.25) is 0 Å². The number of nitrogens with zero attached hydrogens (tertiary/aromatic N) is 4. The molecule has 0 saturated carbocycles. The molecular formula is C26H31FN4O5S2. The molecule has 1 aromatic heterocycles. The van der Waals surface area contributed by atoms with Crippen LogP contribution in [0.4, 0.5) is 9.52 Å². The number of amides is 1. The summed E-state index contributed by atoms with van der Waals surface area (Å²) in [5, 5.41) is 0.450. The van der Waals surface area contributed by atoms with Crippen molar-refractivity contribution in [2.75, 3.05) is 57.9 Å². The van der Waals surface area contributed by atoms with Crippen molar-refractivity contribution in [2.45, 2.75) is 30.2 Å². The highest BCUT2D eigenvalue weighted by Crippen LogP contribution is 2.33. The van der Waals surface area contributed by atoms with E-state index in [2.05, 4.69) is 9.88 Å². The summed E-state index contributed by atoms with van der Waals surface area (Å²) in [6.07, 6.45) is 1.69. The topological polar surface area (TPSA) is 92.3 Å². The quantitative estimate of drug-likeness (QED) is 0.395. The highest BCUT2D eigenvalue weighted by Gasteiger charge is 2.42. The molecule has 12 heteroatoms. The first kappa shape index (κ1) is 26.9. The number of fused-ring (bicyclic) bond motifs is 1. The molecule has 3 heterocycles. The number of aromatic nitrogens is 1. The van der Waals surface area contributed by atoms with E-state index in [0.717, 1.165) is 19.6 Å². The van der Waals surface area contributed by atoms with Gasteiger partial charge in [-0.25, -0.2) is 17.8 Å². The third-order valence-electron chi connectivity index (χ3n) is 6.95. The van der Waals surface area contributed by atoms with E-state index >= 15 is 0 Å². The van der Waals surface area contributed by atoms with Gasteiger partial charge in [-0.1, -0.05) is 11.3 Å². The maximum atomic E-state index is 14.0. The molecule has 2 fully saturated rings. The molecule has 1 amide bonds. The lowest BCUT2D eigenvalue weighted by atomic mass is 10.2. The number of anilines is 1. The molecule has 1 atom stereocenters. The van der Waals surface area contributed by atoms with Crippen molar-refractivity contribution in [2.24, 2.45) is 0 Å². The summed E-state index contributed by atoms with van der Waals surface area (Å²) in [7, 11) is -2.38. The van der Waals surface area contributed by atoms with E-state index in [4.69, 9.17) is 9.47 Å². The molecule has 0 spiro atoms.